The SMILES string of the molecule is COc1ccc(C2NC(CO)(C(=O)O)C3C(=O)N(C4CCCCC4)C(=O)C23)c2ccccc12. The molecule has 0 spiro atoms. The zero-order valence-corrected chi connectivity index (χ0v) is 18.5. The summed E-state index contributed by atoms with van der Waals surface area (Å²) in [6.45, 7) is -0.786. The molecule has 2 aromatic carbocycles. The summed E-state index contributed by atoms with van der Waals surface area (Å²) >= 11 is 0. The monoisotopic (exact) mass is 452 g/mol. The number of carbonyl (C=O) groups is 3. The molecule has 2 amide bonds. The molecule has 33 heavy (non-hydrogen) atoms. The van der Waals surface area contributed by atoms with Gasteiger partial charge < -0.3 is 14.9 Å². The van der Waals surface area contributed by atoms with E-state index in [1.807, 2.05) is 30.3 Å². The Morgan fingerprint density at radius 3 is 2.42 bits per heavy atom. The second-order valence-electron chi connectivity index (χ2n) is 9.30. The maximum Gasteiger partial charge on any atom is 0.327 e. The van der Waals surface area contributed by atoms with E-state index < -0.39 is 41.9 Å². The molecule has 2 heterocycles. The lowest BCUT2D eigenvalue weighted by molar-refractivity contribution is -0.154. The zero-order chi connectivity index (χ0) is 23.3. The Balaban J connectivity index is 1.66. The minimum atomic E-state index is -1.92. The highest BCUT2D eigenvalue weighted by atomic mass is 16.5. The molecule has 2 saturated heterocycles. The predicted molar refractivity (Wildman–Crippen MR) is 120 cm³/mol. The molecule has 8 nitrogen and oxygen atoms in total. The quantitative estimate of drug-likeness (QED) is 0.596. The zero-order valence-electron chi connectivity index (χ0n) is 18.5. The number of carbonyl (C=O) groups excluding carboxylic acids is 2. The average molecular weight is 453 g/mol. The number of likely N-dealkylation sites (tertiary alicyclic amines) is 1. The van der Waals surface area contributed by atoms with Crippen molar-refractivity contribution in [1.29, 1.82) is 0 Å². The molecule has 3 aliphatic rings. The summed E-state index contributed by atoms with van der Waals surface area (Å²) in [6, 6.07) is 10.2. The Labute approximate surface area is 191 Å². The highest BCUT2D eigenvalue weighted by Crippen LogP contribution is 2.51. The van der Waals surface area contributed by atoms with Gasteiger partial charge in [-0.1, -0.05) is 49.6 Å². The van der Waals surface area contributed by atoms with Crippen molar-refractivity contribution in [2.45, 2.75) is 49.7 Å². The number of imide groups is 1. The number of aliphatic hydroxyl groups excluding tert-OH is 1. The van der Waals surface area contributed by atoms with E-state index in [1.165, 1.54) is 4.90 Å². The van der Waals surface area contributed by atoms with Crippen molar-refractivity contribution in [3.63, 3.8) is 0 Å². The smallest absolute Gasteiger partial charge is 0.327 e. The van der Waals surface area contributed by atoms with Gasteiger partial charge in [0.15, 0.2) is 5.54 Å². The lowest BCUT2D eigenvalue weighted by atomic mass is 9.79. The fourth-order valence-electron chi connectivity index (χ4n) is 6.15. The topological polar surface area (TPSA) is 116 Å². The Morgan fingerprint density at radius 2 is 1.79 bits per heavy atom. The Hall–Kier alpha value is -2.97. The summed E-state index contributed by atoms with van der Waals surface area (Å²) in [5, 5.41) is 25.1. The van der Waals surface area contributed by atoms with Crippen molar-refractivity contribution < 1.29 is 29.3 Å². The third-order valence-electron chi connectivity index (χ3n) is 7.73. The van der Waals surface area contributed by atoms with Crippen LogP contribution in [-0.4, -0.2) is 58.2 Å². The summed E-state index contributed by atoms with van der Waals surface area (Å²) in [5.41, 5.74) is -1.21. The molecule has 0 radical (unpaired) electrons. The van der Waals surface area contributed by atoms with E-state index in [2.05, 4.69) is 5.32 Å². The summed E-state index contributed by atoms with van der Waals surface area (Å²) in [7, 11) is 1.58. The van der Waals surface area contributed by atoms with E-state index in [-0.39, 0.29) is 11.9 Å². The van der Waals surface area contributed by atoms with Crippen LogP contribution in [0.25, 0.3) is 10.8 Å². The number of aliphatic carboxylic acids is 1. The van der Waals surface area contributed by atoms with Gasteiger partial charge in [-0.3, -0.25) is 24.6 Å². The number of nitrogens with one attached hydrogen (secondary N) is 1. The van der Waals surface area contributed by atoms with Crippen molar-refractivity contribution >= 4 is 28.6 Å². The Morgan fingerprint density at radius 1 is 1.09 bits per heavy atom. The maximum atomic E-state index is 13.7. The van der Waals surface area contributed by atoms with Crippen LogP contribution in [0.3, 0.4) is 0 Å². The minimum absolute atomic E-state index is 0.206. The van der Waals surface area contributed by atoms with Crippen LogP contribution < -0.4 is 10.1 Å². The summed E-state index contributed by atoms with van der Waals surface area (Å²) < 4.78 is 5.48. The van der Waals surface area contributed by atoms with Crippen LogP contribution in [-0.2, 0) is 14.4 Å². The van der Waals surface area contributed by atoms with Crippen molar-refractivity contribution in [3.05, 3.63) is 42.0 Å². The van der Waals surface area contributed by atoms with Gasteiger partial charge in [0.25, 0.3) is 0 Å². The molecule has 2 aromatic rings. The van der Waals surface area contributed by atoms with Gasteiger partial charge in [-0.2, -0.15) is 0 Å². The number of hydrogen-bond acceptors (Lipinski definition) is 6. The average Bonchev–Trinajstić information content (AvgIpc) is 3.33. The molecule has 8 heteroatoms. The number of nitrogens with zero attached hydrogens (tertiary/aromatic N) is 1. The van der Waals surface area contributed by atoms with Crippen LogP contribution in [0.5, 0.6) is 5.75 Å². The second kappa shape index (κ2) is 8.11. The van der Waals surface area contributed by atoms with Crippen molar-refractivity contribution in [1.82, 2.24) is 10.2 Å². The van der Waals surface area contributed by atoms with Gasteiger partial charge in [0.05, 0.1) is 25.6 Å². The molecule has 0 bridgehead atoms. The lowest BCUT2D eigenvalue weighted by Crippen LogP contribution is -2.59. The van der Waals surface area contributed by atoms with Crippen LogP contribution in [0.1, 0.15) is 43.7 Å². The first-order chi connectivity index (χ1) is 15.9. The third-order valence-corrected chi connectivity index (χ3v) is 7.73. The Bertz CT molecular complexity index is 1130. The fourth-order valence-corrected chi connectivity index (χ4v) is 6.15. The van der Waals surface area contributed by atoms with Crippen molar-refractivity contribution in [3.8, 4) is 5.75 Å². The number of hydrogen-bond donors (Lipinski definition) is 3. The molecule has 1 aliphatic carbocycles. The molecule has 174 valence electrons. The van der Waals surface area contributed by atoms with Crippen LogP contribution in [0.4, 0.5) is 0 Å². The number of benzene rings is 2. The van der Waals surface area contributed by atoms with E-state index in [0.717, 1.165) is 42.9 Å². The summed E-state index contributed by atoms with van der Waals surface area (Å²) in [6.07, 6.45) is 4.41. The van der Waals surface area contributed by atoms with Gasteiger partial charge in [-0.05, 0) is 29.9 Å². The third kappa shape index (κ3) is 3.08. The summed E-state index contributed by atoms with van der Waals surface area (Å²) in [4.78, 5) is 41.1. The maximum absolute atomic E-state index is 13.7. The fraction of sp³-hybridized carbons (Fsp3) is 0.480. The molecule has 1 saturated carbocycles. The molecular formula is C25H28N2O6. The number of aliphatic hydroxyl groups is 1. The highest BCUT2D eigenvalue weighted by molar-refractivity contribution is 6.10. The first kappa shape index (κ1) is 21.9. The summed E-state index contributed by atoms with van der Waals surface area (Å²) in [5.74, 6) is -3.56. The van der Waals surface area contributed by atoms with E-state index in [1.54, 1.807) is 13.2 Å². The predicted octanol–water partition coefficient (Wildman–Crippen LogP) is 2.24. The van der Waals surface area contributed by atoms with E-state index in [9.17, 15) is 24.6 Å². The van der Waals surface area contributed by atoms with Crippen LogP contribution in [0.2, 0.25) is 0 Å². The van der Waals surface area contributed by atoms with Gasteiger partial charge in [-0.25, -0.2) is 0 Å². The molecule has 0 aromatic heterocycles. The molecule has 4 atom stereocenters. The van der Waals surface area contributed by atoms with Gasteiger partial charge >= 0.3 is 5.97 Å². The van der Waals surface area contributed by atoms with Crippen molar-refractivity contribution in [2.75, 3.05) is 13.7 Å². The standard InChI is InChI=1S/C25H28N2O6/c1-33-18-12-11-17(15-9-5-6-10-16(15)18)21-19-20(25(13-28,26-21)24(31)32)23(30)27(22(19)29)14-7-3-2-4-8-14/h5-6,9-12,14,19-21,26,28H,2-4,7-8,13H2,1H3,(H,31,32). The first-order valence-corrected chi connectivity index (χ1v) is 11.5. The van der Waals surface area contributed by atoms with E-state index in [4.69, 9.17) is 4.74 Å². The lowest BCUT2D eigenvalue weighted by Gasteiger charge is -2.34. The number of amides is 2. The normalized spacial score (nSPS) is 30.1. The van der Waals surface area contributed by atoms with Crippen LogP contribution >= 0.6 is 0 Å². The number of fused-ring (bicyclic) bond motifs is 2. The molecular weight excluding hydrogens is 424 g/mol. The number of ether oxygens (including phenoxy) is 1. The Kier molecular flexibility index (Phi) is 5.37. The molecule has 3 N–H and O–H groups in total. The number of rotatable bonds is 5. The first-order valence-electron chi connectivity index (χ1n) is 11.5. The second-order valence-corrected chi connectivity index (χ2v) is 9.30. The molecule has 3 fully saturated rings. The van der Waals surface area contributed by atoms with E-state index >= 15 is 0 Å². The van der Waals surface area contributed by atoms with Gasteiger partial charge in [0.1, 0.15) is 5.75 Å². The van der Waals surface area contributed by atoms with E-state index in [0.29, 0.717) is 11.3 Å². The number of carboxylic acids is 1. The van der Waals surface area contributed by atoms with Crippen LogP contribution in [0.15, 0.2) is 36.4 Å². The minimum Gasteiger partial charge on any atom is -0.496 e. The van der Waals surface area contributed by atoms with Crippen molar-refractivity contribution in [2.24, 2.45) is 11.8 Å². The number of methoxy groups -OCH3 is 1. The van der Waals surface area contributed by atoms with Gasteiger partial charge in [-0.15, -0.1) is 0 Å². The van der Waals surface area contributed by atoms with Gasteiger partial charge in [0, 0.05) is 17.5 Å². The molecule has 5 rings (SSSR count). The highest BCUT2D eigenvalue weighted by Gasteiger charge is 2.69. The number of carboxylic acid groups (broad SMARTS) is 1. The van der Waals surface area contributed by atoms with Gasteiger partial charge in [0.2, 0.25) is 11.8 Å². The molecule has 4 unspecified atom stereocenters. The largest absolute Gasteiger partial charge is 0.496 e. The molecule has 2 aliphatic heterocycles. The van der Waals surface area contributed by atoms with Crippen LogP contribution in [0, 0.1) is 11.8 Å².